The molecule has 0 spiro atoms. The van der Waals surface area contributed by atoms with Crippen molar-refractivity contribution < 1.29 is 22.7 Å². The van der Waals surface area contributed by atoms with Crippen LogP contribution < -0.4 is 5.32 Å². The highest BCUT2D eigenvalue weighted by Gasteiger charge is 2.30. The first-order valence-corrected chi connectivity index (χ1v) is 9.14. The molecule has 0 fully saturated rings. The van der Waals surface area contributed by atoms with Crippen LogP contribution in [0.2, 0.25) is 5.02 Å². The number of anilines is 1. The van der Waals surface area contributed by atoms with Crippen molar-refractivity contribution in [3.8, 4) is 17.5 Å². The smallest absolute Gasteiger partial charge is 0.416 e. The first kappa shape index (κ1) is 21.6. The van der Waals surface area contributed by atoms with Gasteiger partial charge < -0.3 is 14.8 Å². The van der Waals surface area contributed by atoms with Gasteiger partial charge in [0.25, 0.3) is 0 Å². The van der Waals surface area contributed by atoms with Gasteiger partial charge in [0.1, 0.15) is 12.1 Å². The van der Waals surface area contributed by atoms with E-state index in [4.69, 9.17) is 21.3 Å². The van der Waals surface area contributed by atoms with E-state index >= 15 is 0 Å². The van der Waals surface area contributed by atoms with Crippen molar-refractivity contribution >= 4 is 17.3 Å². The van der Waals surface area contributed by atoms with Gasteiger partial charge in [-0.1, -0.05) is 11.6 Å². The minimum Gasteiger partial charge on any atom is -0.418 e. The summed E-state index contributed by atoms with van der Waals surface area (Å²) in [7, 11) is 0. The predicted molar refractivity (Wildman–Crippen MR) is 104 cm³/mol. The van der Waals surface area contributed by atoms with Crippen LogP contribution in [0.4, 0.5) is 18.9 Å². The lowest BCUT2D eigenvalue weighted by Gasteiger charge is -2.21. The quantitative estimate of drug-likeness (QED) is 0.576. The molecule has 10 heteroatoms. The molecule has 3 aromatic rings. The van der Waals surface area contributed by atoms with Crippen molar-refractivity contribution in [2.75, 3.05) is 5.32 Å². The maximum Gasteiger partial charge on any atom is 0.416 e. The third kappa shape index (κ3) is 4.40. The van der Waals surface area contributed by atoms with Gasteiger partial charge in [-0.15, -0.1) is 10.2 Å². The van der Waals surface area contributed by atoms with E-state index in [0.29, 0.717) is 22.4 Å². The van der Waals surface area contributed by atoms with Crippen LogP contribution in [0.15, 0.2) is 40.8 Å². The highest BCUT2D eigenvalue weighted by molar-refractivity contribution is 6.32. The Morgan fingerprint density at radius 2 is 1.83 bits per heavy atom. The van der Waals surface area contributed by atoms with Crippen LogP contribution in [0.1, 0.15) is 35.5 Å². The molecule has 0 unspecified atom stereocenters. The van der Waals surface area contributed by atoms with Gasteiger partial charge in [0.05, 0.1) is 22.3 Å². The molecule has 1 heterocycles. The summed E-state index contributed by atoms with van der Waals surface area (Å²) in [6.07, 6.45) is -5.40. The molecular weight excluding hydrogens is 421 g/mol. The fourth-order valence-corrected chi connectivity index (χ4v) is 2.97. The van der Waals surface area contributed by atoms with Crippen LogP contribution in [-0.4, -0.2) is 21.4 Å². The van der Waals surface area contributed by atoms with Gasteiger partial charge in [-0.25, -0.2) is 0 Å². The molecule has 2 aromatic carbocycles. The number of aliphatic hydroxyl groups excluding tert-OH is 1. The zero-order valence-electron chi connectivity index (χ0n) is 15.8. The largest absolute Gasteiger partial charge is 0.418 e. The van der Waals surface area contributed by atoms with Crippen molar-refractivity contribution in [2.45, 2.75) is 32.2 Å². The Morgan fingerprint density at radius 1 is 1.17 bits per heavy atom. The van der Waals surface area contributed by atoms with Crippen molar-refractivity contribution in [3.05, 3.63) is 64.0 Å². The molecule has 0 saturated carbocycles. The molecule has 0 aliphatic heterocycles. The second-order valence-corrected chi connectivity index (χ2v) is 6.97. The van der Waals surface area contributed by atoms with E-state index in [-0.39, 0.29) is 16.8 Å². The van der Waals surface area contributed by atoms with E-state index in [0.717, 1.165) is 12.1 Å². The molecule has 156 valence electrons. The summed E-state index contributed by atoms with van der Waals surface area (Å²) in [5, 5.41) is 30.4. The topological polar surface area (TPSA) is 95.0 Å². The van der Waals surface area contributed by atoms with Crippen LogP contribution in [-0.2, 0) is 6.18 Å². The number of alkyl halides is 3. The molecule has 0 aliphatic rings. The Hall–Kier alpha value is -3.09. The van der Waals surface area contributed by atoms with E-state index in [2.05, 4.69) is 15.5 Å². The number of hydrogen-bond acceptors (Lipinski definition) is 6. The normalized spacial score (nSPS) is 13.5. The maximum absolute atomic E-state index is 12.7. The predicted octanol–water partition coefficient (Wildman–Crippen LogP) is 5.12. The van der Waals surface area contributed by atoms with Crippen LogP contribution in [0.5, 0.6) is 0 Å². The molecule has 0 amide bonds. The summed E-state index contributed by atoms with van der Waals surface area (Å²) in [4.78, 5) is 0. The Kier molecular flexibility index (Phi) is 6.01. The van der Waals surface area contributed by atoms with Gasteiger partial charge in [0.2, 0.25) is 11.8 Å². The summed E-state index contributed by atoms with van der Waals surface area (Å²) < 4.78 is 43.8. The summed E-state index contributed by atoms with van der Waals surface area (Å²) in [5.41, 5.74) is 0.991. The molecule has 30 heavy (non-hydrogen) atoms. The molecule has 3 rings (SSSR count). The molecule has 0 bridgehead atoms. The first-order valence-electron chi connectivity index (χ1n) is 8.76. The Bertz CT molecular complexity index is 1090. The van der Waals surface area contributed by atoms with Crippen LogP contribution in [0.25, 0.3) is 11.5 Å². The van der Waals surface area contributed by atoms with Crippen LogP contribution in [0, 0.1) is 18.3 Å². The number of nitrogens with zero attached hydrogens (tertiary/aromatic N) is 3. The van der Waals surface area contributed by atoms with Gasteiger partial charge in [-0.3, -0.25) is 0 Å². The monoisotopic (exact) mass is 436 g/mol. The van der Waals surface area contributed by atoms with Crippen LogP contribution in [0.3, 0.4) is 0 Å². The van der Waals surface area contributed by atoms with Crippen molar-refractivity contribution in [1.82, 2.24) is 10.2 Å². The number of aliphatic hydroxyl groups is 1. The van der Waals surface area contributed by atoms with Crippen molar-refractivity contribution in [3.63, 3.8) is 0 Å². The lowest BCUT2D eigenvalue weighted by Crippen LogP contribution is -2.23. The van der Waals surface area contributed by atoms with Gasteiger partial charge in [-0.05, 0) is 55.8 Å². The van der Waals surface area contributed by atoms with Crippen molar-refractivity contribution in [2.24, 2.45) is 0 Å². The Morgan fingerprint density at radius 3 is 2.40 bits per heavy atom. The summed E-state index contributed by atoms with van der Waals surface area (Å²) in [5.74, 6) is 0.0561. The number of aromatic nitrogens is 2. The first-order chi connectivity index (χ1) is 14.1. The summed E-state index contributed by atoms with van der Waals surface area (Å²) in [6, 6.07) is 8.66. The summed E-state index contributed by atoms with van der Waals surface area (Å²) >= 11 is 6.18. The molecule has 2 atom stereocenters. The highest BCUT2D eigenvalue weighted by Crippen LogP contribution is 2.33. The summed E-state index contributed by atoms with van der Waals surface area (Å²) in [6.45, 7) is 3.23. The molecule has 0 aliphatic carbocycles. The average molecular weight is 437 g/mol. The lowest BCUT2D eigenvalue weighted by atomic mass is 10.1. The average Bonchev–Trinajstić information content (AvgIpc) is 3.18. The number of rotatable bonds is 5. The van der Waals surface area contributed by atoms with Gasteiger partial charge in [-0.2, -0.15) is 18.4 Å². The maximum atomic E-state index is 12.7. The van der Waals surface area contributed by atoms with E-state index in [1.165, 1.54) is 25.1 Å². The standard InChI is InChI=1S/C20H16ClF3N4O2/c1-10-15(8-5-13(9-25)16(10)21)26-17(11(2)29)19-28-27-18(30-19)12-3-6-14(7-4-12)20(22,23)24/h3-8,11,17,26,29H,1-2H3/t11-,17+/m0/s1. The molecule has 1 aromatic heterocycles. The molecule has 0 radical (unpaired) electrons. The fraction of sp³-hybridized carbons (Fsp3) is 0.250. The van der Waals surface area contributed by atoms with E-state index < -0.39 is 23.9 Å². The molecule has 6 nitrogen and oxygen atoms in total. The molecule has 0 saturated heterocycles. The van der Waals surface area contributed by atoms with Crippen LogP contribution >= 0.6 is 11.6 Å². The van der Waals surface area contributed by atoms with Gasteiger partial charge >= 0.3 is 6.18 Å². The molecule has 2 N–H and O–H groups in total. The Balaban J connectivity index is 1.88. The minimum atomic E-state index is -4.44. The third-order valence-corrected chi connectivity index (χ3v) is 4.95. The number of nitrogens with one attached hydrogen (secondary N) is 1. The second-order valence-electron chi connectivity index (χ2n) is 6.59. The highest BCUT2D eigenvalue weighted by atomic mass is 35.5. The number of benzene rings is 2. The number of halogens is 4. The fourth-order valence-electron chi connectivity index (χ4n) is 2.76. The number of nitriles is 1. The minimum absolute atomic E-state index is 0.0146. The van der Waals surface area contributed by atoms with Gasteiger partial charge in [0.15, 0.2) is 0 Å². The second kappa shape index (κ2) is 8.34. The Labute approximate surface area is 174 Å². The van der Waals surface area contributed by atoms with Gasteiger partial charge in [0, 0.05) is 11.3 Å². The third-order valence-electron chi connectivity index (χ3n) is 4.47. The number of hydrogen-bond donors (Lipinski definition) is 2. The zero-order chi connectivity index (χ0) is 22.1. The lowest BCUT2D eigenvalue weighted by molar-refractivity contribution is -0.137. The zero-order valence-corrected chi connectivity index (χ0v) is 16.6. The van der Waals surface area contributed by atoms with E-state index in [9.17, 15) is 18.3 Å². The van der Waals surface area contributed by atoms with E-state index in [1.807, 2.05) is 6.07 Å². The molecular formula is C20H16ClF3N4O2. The van der Waals surface area contributed by atoms with E-state index in [1.54, 1.807) is 13.0 Å². The SMILES string of the molecule is Cc1c(N[C@@H](c2nnc(-c3ccc(C(F)(F)F)cc3)o2)[C@H](C)O)ccc(C#N)c1Cl. The van der Waals surface area contributed by atoms with Crippen molar-refractivity contribution in [1.29, 1.82) is 5.26 Å².